The van der Waals surface area contributed by atoms with Gasteiger partial charge in [0.05, 0.1) is 0 Å². The topological polar surface area (TPSA) is 26.0 Å². The molecule has 0 spiro atoms. The Morgan fingerprint density at radius 1 is 0.824 bits per heavy atom. The monoisotopic (exact) mass is 239 g/mol. The van der Waals surface area contributed by atoms with Gasteiger partial charge in [0, 0.05) is 5.54 Å². The van der Waals surface area contributed by atoms with Crippen molar-refractivity contribution >= 4 is 0 Å². The summed E-state index contributed by atoms with van der Waals surface area (Å²) in [6, 6.07) is 0. The van der Waals surface area contributed by atoms with E-state index in [1.165, 1.54) is 51.4 Å². The lowest BCUT2D eigenvalue weighted by Gasteiger charge is -2.26. The minimum Gasteiger partial charge on any atom is -0.322 e. The second-order valence-electron chi connectivity index (χ2n) is 5.35. The van der Waals surface area contributed by atoms with Crippen molar-refractivity contribution in [1.82, 2.24) is 0 Å². The molecule has 0 aromatic rings. The van der Waals surface area contributed by atoms with E-state index in [4.69, 9.17) is 5.73 Å². The molecule has 0 saturated heterocycles. The average Bonchev–Trinajstić information content (AvgIpc) is 2.31. The Kier molecular flexibility index (Phi) is 10.6. The summed E-state index contributed by atoms with van der Waals surface area (Å²) in [4.78, 5) is 0. The summed E-state index contributed by atoms with van der Waals surface area (Å²) in [5, 5.41) is 0. The van der Waals surface area contributed by atoms with Crippen LogP contribution in [0.2, 0.25) is 0 Å². The first kappa shape index (κ1) is 16.7. The number of hydrogen-bond acceptors (Lipinski definition) is 1. The maximum absolute atomic E-state index is 6.49. The first-order valence-corrected chi connectivity index (χ1v) is 7.61. The van der Waals surface area contributed by atoms with Crippen molar-refractivity contribution in [1.29, 1.82) is 0 Å². The van der Waals surface area contributed by atoms with Crippen LogP contribution in [0.4, 0.5) is 0 Å². The van der Waals surface area contributed by atoms with E-state index in [9.17, 15) is 0 Å². The number of rotatable bonds is 11. The van der Waals surface area contributed by atoms with Crippen molar-refractivity contribution < 1.29 is 0 Å². The normalized spacial score (nSPS) is 12.5. The second kappa shape index (κ2) is 10.8. The highest BCUT2D eigenvalue weighted by molar-refractivity contribution is 5.03. The van der Waals surface area contributed by atoms with Crippen molar-refractivity contribution in [3.63, 3.8) is 0 Å². The number of nitrogens with two attached hydrogens (primary N) is 1. The van der Waals surface area contributed by atoms with Crippen LogP contribution in [0.15, 0.2) is 12.2 Å². The van der Waals surface area contributed by atoms with Crippen LogP contribution in [-0.4, -0.2) is 5.54 Å². The average molecular weight is 239 g/mol. The minimum atomic E-state index is -0.0315. The minimum absolute atomic E-state index is 0.0315. The van der Waals surface area contributed by atoms with Gasteiger partial charge in [-0.15, -0.1) is 0 Å². The van der Waals surface area contributed by atoms with E-state index in [1.54, 1.807) is 0 Å². The Morgan fingerprint density at radius 2 is 1.29 bits per heavy atom. The van der Waals surface area contributed by atoms with Crippen molar-refractivity contribution in [3.05, 3.63) is 12.2 Å². The van der Waals surface area contributed by atoms with E-state index in [1.807, 2.05) is 0 Å². The van der Waals surface area contributed by atoms with Crippen molar-refractivity contribution in [2.24, 2.45) is 5.73 Å². The first-order chi connectivity index (χ1) is 8.18. The summed E-state index contributed by atoms with van der Waals surface area (Å²) in [6.45, 7) is 6.60. The third-order valence-electron chi connectivity index (χ3n) is 3.49. The maximum atomic E-state index is 6.49. The molecule has 0 rings (SSSR count). The van der Waals surface area contributed by atoms with Crippen LogP contribution in [0.3, 0.4) is 0 Å². The van der Waals surface area contributed by atoms with E-state index in [0.29, 0.717) is 0 Å². The Labute approximate surface area is 109 Å². The highest BCUT2D eigenvalue weighted by Crippen LogP contribution is 2.22. The van der Waals surface area contributed by atoms with Gasteiger partial charge < -0.3 is 5.73 Å². The van der Waals surface area contributed by atoms with Crippen molar-refractivity contribution in [2.75, 3.05) is 0 Å². The van der Waals surface area contributed by atoms with Gasteiger partial charge in [-0.3, -0.25) is 0 Å². The van der Waals surface area contributed by atoms with Gasteiger partial charge in [-0.1, -0.05) is 77.4 Å². The molecule has 0 aliphatic rings. The third kappa shape index (κ3) is 9.41. The van der Waals surface area contributed by atoms with E-state index < -0.39 is 0 Å². The Balaban J connectivity index is 3.89. The SMILES string of the molecule is CC=CC(N)(CCCCCC)CCCCCC. The fourth-order valence-electron chi connectivity index (χ4n) is 2.39. The third-order valence-corrected chi connectivity index (χ3v) is 3.49. The zero-order chi connectivity index (χ0) is 13.0. The lowest BCUT2D eigenvalue weighted by molar-refractivity contribution is 0.405. The zero-order valence-corrected chi connectivity index (χ0v) is 12.3. The summed E-state index contributed by atoms with van der Waals surface area (Å²) in [5.74, 6) is 0. The maximum Gasteiger partial charge on any atom is 0.0339 e. The summed E-state index contributed by atoms with van der Waals surface area (Å²) in [5.41, 5.74) is 6.45. The molecule has 0 aliphatic carbocycles. The molecule has 0 aliphatic heterocycles. The van der Waals surface area contributed by atoms with Crippen LogP contribution in [0.5, 0.6) is 0 Å². The van der Waals surface area contributed by atoms with Crippen LogP contribution in [-0.2, 0) is 0 Å². The largest absolute Gasteiger partial charge is 0.322 e. The van der Waals surface area contributed by atoms with Crippen LogP contribution in [0.1, 0.15) is 85.0 Å². The van der Waals surface area contributed by atoms with Crippen LogP contribution in [0, 0.1) is 0 Å². The molecule has 102 valence electrons. The molecule has 0 saturated carbocycles. The van der Waals surface area contributed by atoms with E-state index in [0.717, 1.165) is 12.8 Å². The summed E-state index contributed by atoms with van der Waals surface area (Å²) < 4.78 is 0. The predicted octanol–water partition coefficient (Wildman–Crippen LogP) is 5.20. The van der Waals surface area contributed by atoms with E-state index in [-0.39, 0.29) is 5.54 Å². The van der Waals surface area contributed by atoms with Crippen LogP contribution < -0.4 is 5.73 Å². The molecule has 0 aromatic carbocycles. The fourth-order valence-corrected chi connectivity index (χ4v) is 2.39. The standard InChI is InChI=1S/C16H33N/c1-4-7-9-11-14-16(17,13-6-3)15-12-10-8-5-2/h6,13H,4-5,7-12,14-15,17H2,1-3H3. The Morgan fingerprint density at radius 3 is 1.65 bits per heavy atom. The first-order valence-electron chi connectivity index (χ1n) is 7.61. The molecular formula is C16H33N. The van der Waals surface area contributed by atoms with Gasteiger partial charge in [0.15, 0.2) is 0 Å². The molecular weight excluding hydrogens is 206 g/mol. The van der Waals surface area contributed by atoms with Gasteiger partial charge in [-0.05, 0) is 19.8 Å². The van der Waals surface area contributed by atoms with E-state index >= 15 is 0 Å². The van der Waals surface area contributed by atoms with Gasteiger partial charge >= 0.3 is 0 Å². The quantitative estimate of drug-likeness (QED) is 0.389. The molecule has 0 unspecified atom stereocenters. The summed E-state index contributed by atoms with van der Waals surface area (Å²) in [7, 11) is 0. The predicted molar refractivity (Wildman–Crippen MR) is 79.3 cm³/mol. The Hall–Kier alpha value is -0.300. The molecule has 0 aromatic heterocycles. The molecule has 17 heavy (non-hydrogen) atoms. The van der Waals surface area contributed by atoms with Crippen molar-refractivity contribution in [3.8, 4) is 0 Å². The van der Waals surface area contributed by atoms with Gasteiger partial charge in [0.25, 0.3) is 0 Å². The summed E-state index contributed by atoms with van der Waals surface area (Å²) in [6.07, 6.45) is 17.2. The van der Waals surface area contributed by atoms with Gasteiger partial charge in [0.1, 0.15) is 0 Å². The van der Waals surface area contributed by atoms with E-state index in [2.05, 4.69) is 32.9 Å². The summed E-state index contributed by atoms with van der Waals surface area (Å²) >= 11 is 0. The molecule has 0 atom stereocenters. The molecule has 1 heteroatoms. The number of allylic oxidation sites excluding steroid dienone is 1. The number of unbranched alkanes of at least 4 members (excludes halogenated alkanes) is 6. The van der Waals surface area contributed by atoms with Crippen molar-refractivity contribution in [2.45, 2.75) is 90.5 Å². The van der Waals surface area contributed by atoms with Crippen LogP contribution in [0.25, 0.3) is 0 Å². The van der Waals surface area contributed by atoms with Crippen LogP contribution >= 0.6 is 0 Å². The molecule has 0 radical (unpaired) electrons. The smallest absolute Gasteiger partial charge is 0.0339 e. The van der Waals surface area contributed by atoms with Gasteiger partial charge in [-0.2, -0.15) is 0 Å². The molecule has 2 N–H and O–H groups in total. The Bertz CT molecular complexity index is 172. The molecule has 0 fully saturated rings. The lowest BCUT2D eigenvalue weighted by atomic mass is 9.87. The highest BCUT2D eigenvalue weighted by atomic mass is 14.7. The molecule has 1 nitrogen and oxygen atoms in total. The highest BCUT2D eigenvalue weighted by Gasteiger charge is 2.19. The lowest BCUT2D eigenvalue weighted by Crippen LogP contribution is -2.37. The van der Waals surface area contributed by atoms with Gasteiger partial charge in [0.2, 0.25) is 0 Å². The molecule has 0 heterocycles. The zero-order valence-electron chi connectivity index (χ0n) is 12.3. The number of hydrogen-bond donors (Lipinski definition) is 1. The fraction of sp³-hybridized carbons (Fsp3) is 0.875. The van der Waals surface area contributed by atoms with Gasteiger partial charge in [-0.25, -0.2) is 0 Å². The second-order valence-corrected chi connectivity index (χ2v) is 5.35. The molecule has 0 amide bonds. The molecule has 0 bridgehead atoms.